The molecule has 0 radical (unpaired) electrons. The van der Waals surface area contributed by atoms with Crippen molar-refractivity contribution >= 4 is 20.9 Å². The van der Waals surface area contributed by atoms with E-state index >= 15 is 0 Å². The highest BCUT2D eigenvalue weighted by molar-refractivity contribution is 7.91. The SMILES string of the molecule is CCS(=O)(=O)c1ccc(-c2coc3ccc(-c4nnc(C)o4)nc23)cc1. The first-order valence-electron chi connectivity index (χ1n) is 8.00. The lowest BCUT2D eigenvalue weighted by Gasteiger charge is -2.03. The average molecular weight is 369 g/mol. The van der Waals surface area contributed by atoms with Crippen molar-refractivity contribution in [1.29, 1.82) is 0 Å². The molecule has 1 aromatic carbocycles. The number of benzene rings is 1. The molecule has 0 saturated carbocycles. The summed E-state index contributed by atoms with van der Waals surface area (Å²) < 4.78 is 34.9. The molecule has 0 aliphatic carbocycles. The first kappa shape index (κ1) is 16.5. The maximum Gasteiger partial charge on any atom is 0.266 e. The zero-order chi connectivity index (χ0) is 18.3. The largest absolute Gasteiger partial charge is 0.462 e. The van der Waals surface area contributed by atoms with Gasteiger partial charge in [0.1, 0.15) is 17.5 Å². The molecular weight excluding hydrogens is 354 g/mol. The van der Waals surface area contributed by atoms with Crippen LogP contribution in [0.3, 0.4) is 0 Å². The predicted molar refractivity (Wildman–Crippen MR) is 95.2 cm³/mol. The topological polar surface area (TPSA) is 99.1 Å². The highest BCUT2D eigenvalue weighted by Gasteiger charge is 2.16. The van der Waals surface area contributed by atoms with Crippen molar-refractivity contribution in [2.75, 3.05) is 5.75 Å². The number of hydrogen-bond acceptors (Lipinski definition) is 7. The van der Waals surface area contributed by atoms with Crippen LogP contribution in [0.4, 0.5) is 0 Å². The van der Waals surface area contributed by atoms with Crippen molar-refractivity contribution in [3.05, 3.63) is 48.6 Å². The van der Waals surface area contributed by atoms with Gasteiger partial charge in [-0.15, -0.1) is 10.2 Å². The lowest BCUT2D eigenvalue weighted by atomic mass is 10.1. The van der Waals surface area contributed by atoms with Gasteiger partial charge >= 0.3 is 0 Å². The van der Waals surface area contributed by atoms with Crippen LogP contribution in [-0.4, -0.2) is 29.4 Å². The fourth-order valence-corrected chi connectivity index (χ4v) is 3.53. The van der Waals surface area contributed by atoms with Gasteiger partial charge < -0.3 is 8.83 Å². The Bertz CT molecular complexity index is 1190. The fraction of sp³-hybridized carbons (Fsp3) is 0.167. The summed E-state index contributed by atoms with van der Waals surface area (Å²) in [6.45, 7) is 3.34. The Morgan fingerprint density at radius 3 is 2.46 bits per heavy atom. The molecular formula is C18H15N3O4S. The minimum absolute atomic E-state index is 0.0650. The molecule has 0 unspecified atom stereocenters. The Hall–Kier alpha value is -3.00. The summed E-state index contributed by atoms with van der Waals surface area (Å²) in [6.07, 6.45) is 1.60. The number of hydrogen-bond donors (Lipinski definition) is 0. The Labute approximate surface area is 149 Å². The lowest BCUT2D eigenvalue weighted by Crippen LogP contribution is -2.03. The van der Waals surface area contributed by atoms with Gasteiger partial charge in [0.15, 0.2) is 15.4 Å². The molecule has 132 valence electrons. The molecule has 4 aromatic rings. The number of fused-ring (bicyclic) bond motifs is 1. The van der Waals surface area contributed by atoms with E-state index in [9.17, 15) is 8.42 Å². The quantitative estimate of drug-likeness (QED) is 0.541. The van der Waals surface area contributed by atoms with E-state index in [2.05, 4.69) is 15.2 Å². The molecule has 0 aliphatic rings. The third kappa shape index (κ3) is 2.78. The zero-order valence-electron chi connectivity index (χ0n) is 14.1. The lowest BCUT2D eigenvalue weighted by molar-refractivity contribution is 0.531. The number of pyridine rings is 1. The second-order valence-electron chi connectivity index (χ2n) is 5.75. The normalized spacial score (nSPS) is 11.9. The van der Waals surface area contributed by atoms with Crippen LogP contribution >= 0.6 is 0 Å². The monoisotopic (exact) mass is 369 g/mol. The maximum absolute atomic E-state index is 12.0. The Morgan fingerprint density at radius 2 is 1.81 bits per heavy atom. The molecule has 3 aromatic heterocycles. The average Bonchev–Trinajstić information content (AvgIpc) is 3.27. The van der Waals surface area contributed by atoms with E-state index in [0.717, 1.165) is 11.1 Å². The van der Waals surface area contributed by atoms with E-state index in [4.69, 9.17) is 8.83 Å². The Morgan fingerprint density at radius 1 is 1.04 bits per heavy atom. The zero-order valence-corrected chi connectivity index (χ0v) is 14.9. The first-order valence-corrected chi connectivity index (χ1v) is 9.65. The van der Waals surface area contributed by atoms with Crippen LogP contribution < -0.4 is 0 Å². The van der Waals surface area contributed by atoms with Gasteiger partial charge in [0.05, 0.1) is 10.6 Å². The molecule has 0 saturated heterocycles. The van der Waals surface area contributed by atoms with Crippen molar-refractivity contribution in [3.63, 3.8) is 0 Å². The van der Waals surface area contributed by atoms with E-state index in [1.165, 1.54) is 0 Å². The number of aryl methyl sites for hydroxylation is 1. The molecule has 4 rings (SSSR count). The van der Waals surface area contributed by atoms with Crippen molar-refractivity contribution < 1.29 is 17.3 Å². The second-order valence-corrected chi connectivity index (χ2v) is 8.02. The molecule has 0 amide bonds. The third-order valence-electron chi connectivity index (χ3n) is 4.07. The summed E-state index contributed by atoms with van der Waals surface area (Å²) in [5.41, 5.74) is 3.38. The number of sulfone groups is 1. The van der Waals surface area contributed by atoms with E-state index in [1.54, 1.807) is 56.5 Å². The van der Waals surface area contributed by atoms with Crippen LogP contribution in [0.15, 0.2) is 56.4 Å². The van der Waals surface area contributed by atoms with Crippen molar-refractivity contribution in [1.82, 2.24) is 15.2 Å². The van der Waals surface area contributed by atoms with Crippen LogP contribution in [-0.2, 0) is 9.84 Å². The van der Waals surface area contributed by atoms with Gasteiger partial charge in [-0.3, -0.25) is 0 Å². The molecule has 0 atom stereocenters. The summed E-state index contributed by atoms with van der Waals surface area (Å²) in [4.78, 5) is 4.87. The number of rotatable bonds is 4. The highest BCUT2D eigenvalue weighted by Crippen LogP contribution is 2.31. The standard InChI is InChI=1S/C18H15N3O4S/c1-3-26(22,23)13-6-4-12(5-7-13)14-10-24-16-9-8-15(19-17(14)16)18-21-20-11(2)25-18/h4-10H,3H2,1-2H3. The number of nitrogens with zero attached hydrogens (tertiary/aromatic N) is 3. The predicted octanol–water partition coefficient (Wildman–Crippen LogP) is 3.65. The molecule has 3 heterocycles. The molecule has 7 nitrogen and oxygen atoms in total. The van der Waals surface area contributed by atoms with Crippen LogP contribution in [0.2, 0.25) is 0 Å². The minimum atomic E-state index is -3.23. The smallest absolute Gasteiger partial charge is 0.266 e. The minimum Gasteiger partial charge on any atom is -0.462 e. The summed E-state index contributed by atoms with van der Waals surface area (Å²) >= 11 is 0. The second kappa shape index (κ2) is 6.06. The van der Waals surface area contributed by atoms with Gasteiger partial charge in [0, 0.05) is 12.5 Å². The Kier molecular flexibility index (Phi) is 3.84. The fourth-order valence-electron chi connectivity index (χ4n) is 2.65. The van der Waals surface area contributed by atoms with E-state index in [1.807, 2.05) is 0 Å². The van der Waals surface area contributed by atoms with Crippen molar-refractivity contribution in [3.8, 4) is 22.7 Å². The molecule has 26 heavy (non-hydrogen) atoms. The van der Waals surface area contributed by atoms with Gasteiger partial charge in [-0.2, -0.15) is 0 Å². The number of aromatic nitrogens is 3. The van der Waals surface area contributed by atoms with E-state index in [-0.39, 0.29) is 5.75 Å². The van der Waals surface area contributed by atoms with Gasteiger partial charge in [-0.1, -0.05) is 19.1 Å². The van der Waals surface area contributed by atoms with Crippen LogP contribution in [0, 0.1) is 6.92 Å². The van der Waals surface area contributed by atoms with E-state index in [0.29, 0.717) is 33.5 Å². The first-order chi connectivity index (χ1) is 12.5. The van der Waals surface area contributed by atoms with Crippen molar-refractivity contribution in [2.24, 2.45) is 0 Å². The molecule has 0 N–H and O–H groups in total. The van der Waals surface area contributed by atoms with Gasteiger partial charge in [0.25, 0.3) is 5.89 Å². The van der Waals surface area contributed by atoms with Crippen LogP contribution in [0.25, 0.3) is 33.8 Å². The summed E-state index contributed by atoms with van der Waals surface area (Å²) in [6, 6.07) is 10.2. The number of furan rings is 1. The molecule has 8 heteroatoms. The van der Waals surface area contributed by atoms with Gasteiger partial charge in [-0.25, -0.2) is 13.4 Å². The molecule has 0 bridgehead atoms. The van der Waals surface area contributed by atoms with Crippen LogP contribution in [0.1, 0.15) is 12.8 Å². The summed E-state index contributed by atoms with van der Waals surface area (Å²) in [5, 5.41) is 7.80. The molecule has 0 spiro atoms. The van der Waals surface area contributed by atoms with Crippen LogP contribution in [0.5, 0.6) is 0 Å². The highest BCUT2D eigenvalue weighted by atomic mass is 32.2. The molecule has 0 aliphatic heterocycles. The third-order valence-corrected chi connectivity index (χ3v) is 5.82. The summed E-state index contributed by atoms with van der Waals surface area (Å²) in [5.74, 6) is 0.859. The summed E-state index contributed by atoms with van der Waals surface area (Å²) in [7, 11) is -3.23. The van der Waals surface area contributed by atoms with E-state index < -0.39 is 9.84 Å². The maximum atomic E-state index is 12.0. The van der Waals surface area contributed by atoms with Gasteiger partial charge in [-0.05, 0) is 29.8 Å². The van der Waals surface area contributed by atoms with Gasteiger partial charge in [0.2, 0.25) is 5.89 Å². The Balaban J connectivity index is 1.79. The molecule has 0 fully saturated rings. The van der Waals surface area contributed by atoms with Crippen molar-refractivity contribution in [2.45, 2.75) is 18.7 Å².